The lowest BCUT2D eigenvalue weighted by Gasteiger charge is -2.29. The molecule has 0 aliphatic carbocycles. The van der Waals surface area contributed by atoms with Gasteiger partial charge in [0.2, 0.25) is 0 Å². The molecule has 0 aromatic carbocycles. The van der Waals surface area contributed by atoms with Gasteiger partial charge in [0.25, 0.3) is 0 Å². The highest BCUT2D eigenvalue weighted by Gasteiger charge is 2.48. The van der Waals surface area contributed by atoms with Gasteiger partial charge in [0.1, 0.15) is 0 Å². The van der Waals surface area contributed by atoms with Gasteiger partial charge in [-0.25, -0.2) is 0 Å². The summed E-state index contributed by atoms with van der Waals surface area (Å²) >= 11 is 4.58. The molecule has 112 valence electrons. The van der Waals surface area contributed by atoms with Crippen LogP contribution >= 0.6 is 22.6 Å². The zero-order chi connectivity index (χ0) is 14.3. The molecule has 1 atom stereocenters. The average molecular weight is 324 g/mol. The normalized spacial score (nSPS) is 22.1. The summed E-state index contributed by atoms with van der Waals surface area (Å²) in [4.78, 5) is 0. The molecule has 0 aromatic rings. The first-order chi connectivity index (χ1) is 9.13. The number of thiol groups is 1. The molecule has 0 spiro atoms. The molecule has 0 saturated carbocycles. The van der Waals surface area contributed by atoms with Crippen LogP contribution in [-0.2, 0) is 13.3 Å². The van der Waals surface area contributed by atoms with Crippen LogP contribution in [0.1, 0.15) is 34.1 Å². The van der Waals surface area contributed by atoms with Crippen molar-refractivity contribution in [3.05, 3.63) is 11.8 Å². The van der Waals surface area contributed by atoms with Crippen LogP contribution in [0, 0.1) is 0 Å². The van der Waals surface area contributed by atoms with Gasteiger partial charge < -0.3 is 18.6 Å². The van der Waals surface area contributed by atoms with Crippen molar-refractivity contribution in [3.63, 3.8) is 0 Å². The molecule has 0 radical (unpaired) electrons. The van der Waals surface area contributed by atoms with Crippen LogP contribution in [-0.4, -0.2) is 37.8 Å². The van der Waals surface area contributed by atoms with Crippen LogP contribution in [0.4, 0.5) is 0 Å². The molecule has 0 saturated heterocycles. The second kappa shape index (κ2) is 8.48. The molecular weight excluding hydrogens is 298 g/mol. The van der Waals surface area contributed by atoms with Crippen molar-refractivity contribution in [2.45, 2.75) is 34.1 Å². The van der Waals surface area contributed by atoms with E-state index in [0.29, 0.717) is 19.8 Å². The lowest BCUT2D eigenvalue weighted by molar-refractivity contribution is 0.0965. The van der Waals surface area contributed by atoms with E-state index in [1.807, 2.05) is 20.8 Å². The Bertz CT molecular complexity index is 344. The first-order valence-corrected chi connectivity index (χ1v) is 11.1. The highest BCUT2D eigenvalue weighted by Crippen LogP contribution is 2.38. The zero-order valence-electron chi connectivity index (χ0n) is 12.2. The predicted octanol–water partition coefficient (Wildman–Crippen LogP) is 2.71. The Morgan fingerprint density at radius 3 is 2.11 bits per heavy atom. The van der Waals surface area contributed by atoms with Crippen molar-refractivity contribution >= 4 is 34.8 Å². The summed E-state index contributed by atoms with van der Waals surface area (Å²) in [7, 11) is -2.91. The molecule has 7 heteroatoms. The molecule has 19 heavy (non-hydrogen) atoms. The fraction of sp³-hybridized carbons (Fsp3) is 0.750. The Kier molecular flexibility index (Phi) is 7.71. The van der Waals surface area contributed by atoms with E-state index in [1.165, 1.54) is 5.70 Å². The first kappa shape index (κ1) is 17.3. The number of hydrogen-bond acceptors (Lipinski definition) is 4. The first-order valence-electron chi connectivity index (χ1n) is 6.78. The molecule has 4 nitrogen and oxygen atoms in total. The molecule has 1 N–H and O–H groups in total. The van der Waals surface area contributed by atoms with Crippen molar-refractivity contribution in [1.29, 1.82) is 0 Å². The minimum Gasteiger partial charge on any atom is -0.366 e. The van der Waals surface area contributed by atoms with Crippen LogP contribution in [0.25, 0.3) is 0 Å². The third-order valence-corrected chi connectivity index (χ3v) is 11.4. The molecule has 0 fully saturated rings. The predicted molar refractivity (Wildman–Crippen MR) is 88.6 cm³/mol. The van der Waals surface area contributed by atoms with Crippen molar-refractivity contribution < 1.29 is 13.3 Å². The minimum absolute atomic E-state index is 0.226. The summed E-state index contributed by atoms with van der Waals surface area (Å²) in [6.45, 7) is 9.87. The Morgan fingerprint density at radius 2 is 1.68 bits per heavy atom. The van der Waals surface area contributed by atoms with Gasteiger partial charge in [-0.05, 0) is 27.2 Å². The number of allylic oxidation sites excluding steroid dienone is 1. The molecule has 1 aliphatic heterocycles. The van der Waals surface area contributed by atoms with Crippen LogP contribution in [0.15, 0.2) is 11.8 Å². The smallest absolute Gasteiger partial charge is 0.366 e. The van der Waals surface area contributed by atoms with Crippen LogP contribution < -0.4 is 5.32 Å². The summed E-state index contributed by atoms with van der Waals surface area (Å²) in [5.74, 6) is 0.888. The molecule has 1 unspecified atom stereocenters. The summed E-state index contributed by atoms with van der Waals surface area (Å²) < 4.78 is 18.8. The topological polar surface area (TPSA) is 39.7 Å². The van der Waals surface area contributed by atoms with E-state index >= 15 is 0 Å². The highest BCUT2D eigenvalue weighted by atomic mass is 32.4. The largest absolute Gasteiger partial charge is 0.570 e. The average Bonchev–Trinajstić information content (AvgIpc) is 2.72. The summed E-state index contributed by atoms with van der Waals surface area (Å²) in [5.41, 5.74) is 1.20. The maximum absolute atomic E-state index is 5.96. The number of rotatable bonds is 8. The van der Waals surface area contributed by atoms with Crippen molar-refractivity contribution in [2.75, 3.05) is 25.6 Å². The van der Waals surface area contributed by atoms with E-state index in [1.54, 1.807) is 0 Å². The Labute approximate surface area is 125 Å². The molecular formula is C12H25NO3S2Si. The quantitative estimate of drug-likeness (QED) is 0.409. The monoisotopic (exact) mass is 323 g/mol. The lowest BCUT2D eigenvalue weighted by Crippen LogP contribution is -2.45. The van der Waals surface area contributed by atoms with Crippen molar-refractivity contribution in [1.82, 2.24) is 5.32 Å². The van der Waals surface area contributed by atoms with E-state index in [9.17, 15) is 0 Å². The summed E-state index contributed by atoms with van der Waals surface area (Å²) in [6, 6.07) is 0. The third-order valence-electron chi connectivity index (χ3n) is 2.52. The molecule has 1 aliphatic rings. The van der Waals surface area contributed by atoms with E-state index in [-0.39, 0.29) is 9.93 Å². The second-order valence-corrected chi connectivity index (χ2v) is 11.0. The molecule has 1 heterocycles. The van der Waals surface area contributed by atoms with Gasteiger partial charge in [0.05, 0.1) is 4.32 Å². The van der Waals surface area contributed by atoms with E-state index in [0.717, 1.165) is 16.5 Å². The zero-order valence-corrected chi connectivity index (χ0v) is 14.9. The fourth-order valence-electron chi connectivity index (χ4n) is 1.89. The maximum Gasteiger partial charge on any atom is 0.570 e. The Balaban J connectivity index is 3.02. The van der Waals surface area contributed by atoms with Crippen molar-refractivity contribution in [2.24, 2.45) is 0 Å². The standard InChI is InChI=1S/C12H25NO3S2Si/c1-5-9-11-10-18(12(17)13-11)19(14-6-2,15-7-3)16-8-4/h9,13,17H,5-8,10H2,1-4H3. The van der Waals surface area contributed by atoms with Gasteiger partial charge in [-0.3, -0.25) is 0 Å². The summed E-state index contributed by atoms with van der Waals surface area (Å²) in [5, 5.41) is 3.33. The van der Waals surface area contributed by atoms with Gasteiger partial charge in [-0.1, -0.05) is 22.9 Å². The molecule has 0 amide bonds. The van der Waals surface area contributed by atoms with Gasteiger partial charge >= 0.3 is 7.95 Å². The SMILES string of the molecule is CCC=C1CS([Si](OCC)(OCC)OCC)=C(S)N1. The van der Waals surface area contributed by atoms with Gasteiger partial charge in [-0.15, -0.1) is 12.6 Å². The lowest BCUT2D eigenvalue weighted by atomic mass is 10.4. The van der Waals surface area contributed by atoms with E-state index in [2.05, 4.69) is 30.9 Å². The Morgan fingerprint density at radius 1 is 1.16 bits per heavy atom. The highest BCUT2D eigenvalue weighted by molar-refractivity contribution is 8.45. The van der Waals surface area contributed by atoms with Gasteiger partial charge in [-0.2, -0.15) is 0 Å². The maximum atomic E-state index is 5.96. The molecule has 1 rings (SSSR count). The minimum atomic E-state index is -2.69. The van der Waals surface area contributed by atoms with Crippen LogP contribution in [0.3, 0.4) is 0 Å². The van der Waals surface area contributed by atoms with Crippen molar-refractivity contribution in [3.8, 4) is 0 Å². The van der Waals surface area contributed by atoms with Gasteiger partial charge in [0, 0.05) is 31.3 Å². The van der Waals surface area contributed by atoms with Crippen LogP contribution in [0.5, 0.6) is 0 Å². The van der Waals surface area contributed by atoms with E-state index < -0.39 is 7.95 Å². The number of nitrogens with one attached hydrogen (secondary N) is 1. The Hall–Kier alpha value is 0.207. The fourth-order valence-corrected chi connectivity index (χ4v) is 10.5. The van der Waals surface area contributed by atoms with E-state index in [4.69, 9.17) is 13.3 Å². The summed E-state index contributed by atoms with van der Waals surface area (Å²) in [6.07, 6.45) is 3.19. The molecule has 0 bridgehead atoms. The van der Waals surface area contributed by atoms with Gasteiger partial charge in [0.15, 0.2) is 0 Å². The molecule has 0 aromatic heterocycles. The second-order valence-electron chi connectivity index (χ2n) is 3.90. The number of hydrogen-bond donors (Lipinski definition) is 2. The third kappa shape index (κ3) is 4.34. The van der Waals surface area contributed by atoms with Crippen LogP contribution in [0.2, 0.25) is 0 Å².